The van der Waals surface area contributed by atoms with Gasteiger partial charge >= 0.3 is 0 Å². The summed E-state index contributed by atoms with van der Waals surface area (Å²) in [7, 11) is 1.65. The van der Waals surface area contributed by atoms with E-state index in [0.29, 0.717) is 5.92 Å². The van der Waals surface area contributed by atoms with E-state index < -0.39 is 0 Å². The fourth-order valence-corrected chi connectivity index (χ4v) is 3.09. The number of rotatable bonds is 5. The van der Waals surface area contributed by atoms with Crippen molar-refractivity contribution >= 4 is 5.91 Å². The van der Waals surface area contributed by atoms with Gasteiger partial charge in [0.25, 0.3) is 0 Å². The molecule has 1 aromatic carbocycles. The predicted molar refractivity (Wildman–Crippen MR) is 84.1 cm³/mol. The highest BCUT2D eigenvalue weighted by molar-refractivity contribution is 5.79. The molecule has 2 rings (SSSR count). The molecule has 1 atom stereocenters. The van der Waals surface area contributed by atoms with Gasteiger partial charge in [-0.15, -0.1) is 0 Å². The Hall–Kier alpha value is -1.55. The van der Waals surface area contributed by atoms with Gasteiger partial charge in [-0.2, -0.15) is 0 Å². The molecule has 4 nitrogen and oxygen atoms in total. The molecule has 0 saturated heterocycles. The molecule has 0 aromatic heterocycles. The number of carbonyl (C=O) groups excluding carboxylic acids is 1. The summed E-state index contributed by atoms with van der Waals surface area (Å²) in [6.07, 6.45) is 4.04. The first-order valence-corrected chi connectivity index (χ1v) is 7.79. The van der Waals surface area contributed by atoms with Crippen LogP contribution in [-0.4, -0.2) is 19.6 Å². The normalized spacial score (nSPS) is 23.4. The summed E-state index contributed by atoms with van der Waals surface area (Å²) in [5.41, 5.74) is 6.72. The van der Waals surface area contributed by atoms with Gasteiger partial charge in [0.05, 0.1) is 13.2 Å². The Labute approximate surface area is 127 Å². The Bertz CT molecular complexity index is 468. The van der Waals surface area contributed by atoms with Crippen molar-refractivity contribution < 1.29 is 9.53 Å². The highest BCUT2D eigenvalue weighted by Gasteiger charge is 2.26. The molecule has 0 spiro atoms. The molecule has 0 unspecified atom stereocenters. The fraction of sp³-hybridized carbons (Fsp3) is 0.588. The number of ether oxygens (including phenoxy) is 1. The van der Waals surface area contributed by atoms with Crippen molar-refractivity contribution in [1.29, 1.82) is 0 Å². The number of hydrogen-bond acceptors (Lipinski definition) is 3. The van der Waals surface area contributed by atoms with Gasteiger partial charge in [0.2, 0.25) is 5.91 Å². The second kappa shape index (κ2) is 7.46. The maximum atomic E-state index is 12.4. The van der Waals surface area contributed by atoms with Crippen LogP contribution in [-0.2, 0) is 4.79 Å². The molecule has 1 aromatic rings. The number of carbonyl (C=O) groups is 1. The van der Waals surface area contributed by atoms with E-state index in [9.17, 15) is 4.79 Å². The number of nitrogens with two attached hydrogens (primary N) is 1. The summed E-state index contributed by atoms with van der Waals surface area (Å²) in [4.78, 5) is 12.4. The zero-order valence-corrected chi connectivity index (χ0v) is 13.0. The molecular formula is C17H26N2O2. The maximum Gasteiger partial charge on any atom is 0.223 e. The van der Waals surface area contributed by atoms with E-state index in [2.05, 4.69) is 5.32 Å². The molecule has 3 N–H and O–H groups in total. The van der Waals surface area contributed by atoms with Crippen molar-refractivity contribution in [2.75, 3.05) is 13.7 Å². The van der Waals surface area contributed by atoms with E-state index in [0.717, 1.165) is 43.5 Å². The number of hydrogen-bond donors (Lipinski definition) is 2. The highest BCUT2D eigenvalue weighted by Crippen LogP contribution is 2.30. The third-order valence-corrected chi connectivity index (χ3v) is 4.52. The van der Waals surface area contributed by atoms with Crippen molar-refractivity contribution in [2.24, 2.45) is 17.6 Å². The Morgan fingerprint density at radius 3 is 2.62 bits per heavy atom. The molecule has 0 aliphatic heterocycles. The van der Waals surface area contributed by atoms with Crippen molar-refractivity contribution in [2.45, 2.75) is 38.6 Å². The molecule has 1 aliphatic carbocycles. The van der Waals surface area contributed by atoms with Crippen molar-refractivity contribution in [3.05, 3.63) is 29.8 Å². The van der Waals surface area contributed by atoms with Crippen LogP contribution in [0.2, 0.25) is 0 Å². The van der Waals surface area contributed by atoms with E-state index in [4.69, 9.17) is 10.5 Å². The van der Waals surface area contributed by atoms with Gasteiger partial charge in [0.15, 0.2) is 0 Å². The lowest BCUT2D eigenvalue weighted by molar-refractivity contribution is -0.126. The van der Waals surface area contributed by atoms with E-state index in [-0.39, 0.29) is 17.9 Å². The summed E-state index contributed by atoms with van der Waals surface area (Å²) in [5.74, 6) is 1.70. The second-order valence-corrected chi connectivity index (χ2v) is 5.93. The lowest BCUT2D eigenvalue weighted by Crippen LogP contribution is -2.35. The van der Waals surface area contributed by atoms with E-state index >= 15 is 0 Å². The summed E-state index contributed by atoms with van der Waals surface area (Å²) >= 11 is 0. The van der Waals surface area contributed by atoms with Crippen LogP contribution in [0.1, 0.15) is 44.2 Å². The Balaban J connectivity index is 1.93. The first-order valence-electron chi connectivity index (χ1n) is 7.79. The van der Waals surface area contributed by atoms with Crippen LogP contribution in [0.25, 0.3) is 0 Å². The molecule has 0 radical (unpaired) electrons. The highest BCUT2D eigenvalue weighted by atomic mass is 16.5. The smallest absolute Gasteiger partial charge is 0.223 e. The lowest BCUT2D eigenvalue weighted by Gasteiger charge is -2.28. The molecule has 0 heterocycles. The summed E-state index contributed by atoms with van der Waals surface area (Å²) in [6, 6.07) is 7.78. The number of para-hydroxylation sites is 1. The van der Waals surface area contributed by atoms with Gasteiger partial charge in [0.1, 0.15) is 5.75 Å². The molecule has 1 aliphatic rings. The average Bonchev–Trinajstić information content (AvgIpc) is 2.54. The topological polar surface area (TPSA) is 64.3 Å². The second-order valence-electron chi connectivity index (χ2n) is 5.93. The Morgan fingerprint density at radius 2 is 2.00 bits per heavy atom. The number of benzene rings is 1. The van der Waals surface area contributed by atoms with E-state index in [1.165, 1.54) is 0 Å². The minimum absolute atomic E-state index is 0.0409. The van der Waals surface area contributed by atoms with Crippen LogP contribution in [0.4, 0.5) is 0 Å². The van der Waals surface area contributed by atoms with Gasteiger partial charge in [0, 0.05) is 11.5 Å². The number of methoxy groups -OCH3 is 1. The first kappa shape index (κ1) is 15.8. The van der Waals surface area contributed by atoms with Crippen LogP contribution in [0.15, 0.2) is 24.3 Å². The molecule has 116 valence electrons. The standard InChI is InChI=1S/C17H26N2O2/c1-12(15-5-3-4-6-16(15)21-2)19-17(20)14-9-7-13(11-18)8-10-14/h3-6,12-14H,7-11,18H2,1-2H3,(H,19,20)/t12-,13?,14?/m0/s1. The van der Waals surface area contributed by atoms with Gasteiger partial charge < -0.3 is 15.8 Å². The third kappa shape index (κ3) is 3.97. The number of nitrogens with one attached hydrogen (secondary N) is 1. The van der Waals surface area contributed by atoms with E-state index in [1.54, 1.807) is 7.11 Å². The van der Waals surface area contributed by atoms with Gasteiger partial charge in [-0.05, 0) is 51.1 Å². The zero-order valence-electron chi connectivity index (χ0n) is 13.0. The first-order chi connectivity index (χ1) is 10.2. The zero-order chi connectivity index (χ0) is 15.2. The average molecular weight is 290 g/mol. The van der Waals surface area contributed by atoms with E-state index in [1.807, 2.05) is 31.2 Å². The molecule has 21 heavy (non-hydrogen) atoms. The van der Waals surface area contributed by atoms with Crippen molar-refractivity contribution in [3.8, 4) is 5.75 Å². The minimum atomic E-state index is -0.0409. The monoisotopic (exact) mass is 290 g/mol. The molecular weight excluding hydrogens is 264 g/mol. The summed E-state index contributed by atoms with van der Waals surface area (Å²) < 4.78 is 5.36. The molecule has 1 saturated carbocycles. The van der Waals surface area contributed by atoms with Gasteiger partial charge in [-0.3, -0.25) is 4.79 Å². The molecule has 1 amide bonds. The lowest BCUT2D eigenvalue weighted by atomic mass is 9.81. The van der Waals surface area contributed by atoms with Crippen molar-refractivity contribution in [3.63, 3.8) is 0 Å². The Morgan fingerprint density at radius 1 is 1.33 bits per heavy atom. The van der Waals surface area contributed by atoms with Crippen LogP contribution < -0.4 is 15.8 Å². The molecule has 0 bridgehead atoms. The Kier molecular flexibility index (Phi) is 5.62. The number of amides is 1. The summed E-state index contributed by atoms with van der Waals surface area (Å²) in [6.45, 7) is 2.74. The summed E-state index contributed by atoms with van der Waals surface area (Å²) in [5, 5.41) is 3.12. The predicted octanol–water partition coefficient (Wildman–Crippen LogP) is 2.64. The van der Waals surface area contributed by atoms with Gasteiger partial charge in [-0.25, -0.2) is 0 Å². The van der Waals surface area contributed by atoms with Crippen LogP contribution >= 0.6 is 0 Å². The SMILES string of the molecule is COc1ccccc1[C@H](C)NC(=O)C1CCC(CN)CC1. The maximum absolute atomic E-state index is 12.4. The van der Waals surface area contributed by atoms with Crippen molar-refractivity contribution in [1.82, 2.24) is 5.32 Å². The van der Waals surface area contributed by atoms with Crippen LogP contribution in [0, 0.1) is 11.8 Å². The van der Waals surface area contributed by atoms with Gasteiger partial charge in [-0.1, -0.05) is 18.2 Å². The quantitative estimate of drug-likeness (QED) is 0.876. The largest absolute Gasteiger partial charge is 0.496 e. The third-order valence-electron chi connectivity index (χ3n) is 4.52. The fourth-order valence-electron chi connectivity index (χ4n) is 3.09. The minimum Gasteiger partial charge on any atom is -0.496 e. The van der Waals surface area contributed by atoms with Crippen LogP contribution in [0.3, 0.4) is 0 Å². The van der Waals surface area contributed by atoms with Crippen LogP contribution in [0.5, 0.6) is 5.75 Å². The molecule has 1 fully saturated rings. The molecule has 4 heteroatoms.